The van der Waals surface area contributed by atoms with Crippen molar-refractivity contribution in [2.24, 2.45) is 0 Å². The topological polar surface area (TPSA) is 28.7 Å². The molecular formula is C16H11FN2S. The summed E-state index contributed by atoms with van der Waals surface area (Å²) in [6.45, 7) is 0. The second-order valence-electron chi connectivity index (χ2n) is 4.76. The van der Waals surface area contributed by atoms with Crippen molar-refractivity contribution in [3.63, 3.8) is 0 Å². The average molecular weight is 282 g/mol. The number of hydrogen-bond acceptors (Lipinski definition) is 2. The summed E-state index contributed by atoms with van der Waals surface area (Å²) in [5.74, 6) is -0.235. The zero-order valence-electron chi connectivity index (χ0n) is 10.6. The van der Waals surface area contributed by atoms with Crippen molar-refractivity contribution in [1.82, 2.24) is 9.97 Å². The molecule has 20 heavy (non-hydrogen) atoms. The monoisotopic (exact) mass is 282 g/mol. The van der Waals surface area contributed by atoms with Crippen LogP contribution < -0.4 is 0 Å². The van der Waals surface area contributed by atoms with Gasteiger partial charge in [-0.25, -0.2) is 9.37 Å². The Morgan fingerprint density at radius 1 is 1.15 bits per heavy atom. The molecule has 0 saturated carbocycles. The average Bonchev–Trinajstić information content (AvgIpc) is 3.03. The number of nitrogens with one attached hydrogen (secondary N) is 1. The van der Waals surface area contributed by atoms with Crippen LogP contribution >= 0.6 is 11.3 Å². The third-order valence-electron chi connectivity index (χ3n) is 3.41. The molecule has 2 nitrogen and oxygen atoms in total. The van der Waals surface area contributed by atoms with Gasteiger partial charge in [0.2, 0.25) is 0 Å². The Hall–Kier alpha value is -2.20. The molecular weight excluding hydrogens is 271 g/mol. The number of rotatable bonds is 2. The minimum Gasteiger partial charge on any atom is -0.361 e. The Morgan fingerprint density at radius 2 is 2.05 bits per heavy atom. The van der Waals surface area contributed by atoms with Gasteiger partial charge in [0.25, 0.3) is 0 Å². The van der Waals surface area contributed by atoms with Gasteiger partial charge in [0.05, 0.1) is 15.2 Å². The fourth-order valence-corrected chi connectivity index (χ4v) is 3.44. The molecule has 0 fully saturated rings. The number of aromatic amines is 1. The molecule has 0 bridgehead atoms. The molecule has 0 saturated heterocycles. The van der Waals surface area contributed by atoms with Gasteiger partial charge in [-0.2, -0.15) is 0 Å². The predicted molar refractivity (Wildman–Crippen MR) is 80.7 cm³/mol. The van der Waals surface area contributed by atoms with Crippen LogP contribution in [0.2, 0.25) is 0 Å². The second kappa shape index (κ2) is 4.42. The van der Waals surface area contributed by atoms with E-state index in [2.05, 4.69) is 22.1 Å². The van der Waals surface area contributed by atoms with Crippen molar-refractivity contribution in [3.05, 3.63) is 65.0 Å². The van der Waals surface area contributed by atoms with Crippen LogP contribution in [0, 0.1) is 5.82 Å². The zero-order valence-corrected chi connectivity index (χ0v) is 11.4. The fraction of sp³-hybridized carbons (Fsp3) is 0.0625. The highest BCUT2D eigenvalue weighted by Gasteiger charge is 2.09. The van der Waals surface area contributed by atoms with Crippen LogP contribution in [0.15, 0.2) is 48.7 Å². The first-order valence-corrected chi connectivity index (χ1v) is 7.21. The molecule has 1 N–H and O–H groups in total. The zero-order chi connectivity index (χ0) is 13.5. The molecule has 98 valence electrons. The van der Waals surface area contributed by atoms with Crippen molar-refractivity contribution in [3.8, 4) is 0 Å². The molecule has 2 aromatic heterocycles. The van der Waals surface area contributed by atoms with E-state index in [0.29, 0.717) is 0 Å². The van der Waals surface area contributed by atoms with Crippen LogP contribution in [0.4, 0.5) is 4.39 Å². The van der Waals surface area contributed by atoms with Crippen LogP contribution in [0.3, 0.4) is 0 Å². The smallest absolute Gasteiger partial charge is 0.125 e. The van der Waals surface area contributed by atoms with Crippen molar-refractivity contribution >= 4 is 32.5 Å². The number of halogens is 1. The van der Waals surface area contributed by atoms with Gasteiger partial charge in [-0.3, -0.25) is 0 Å². The lowest BCUT2D eigenvalue weighted by Crippen LogP contribution is -1.84. The number of aromatic nitrogens is 2. The number of para-hydroxylation sites is 1. The van der Waals surface area contributed by atoms with Gasteiger partial charge in [0.15, 0.2) is 0 Å². The molecule has 0 unspecified atom stereocenters. The maximum atomic E-state index is 13.2. The number of hydrogen-bond donors (Lipinski definition) is 1. The fourth-order valence-electron chi connectivity index (χ4n) is 2.46. The molecule has 0 aliphatic heterocycles. The third-order valence-corrected chi connectivity index (χ3v) is 4.45. The standard InChI is InChI=1S/C16H11FN2S/c17-11-5-6-15-14(8-11)19-16(20-15)7-10-9-18-13-4-2-1-3-12(10)13/h1-6,8-9,18H,7H2. The van der Waals surface area contributed by atoms with Gasteiger partial charge < -0.3 is 4.98 Å². The van der Waals surface area contributed by atoms with Gasteiger partial charge in [-0.15, -0.1) is 11.3 Å². The van der Waals surface area contributed by atoms with Crippen LogP contribution in [0.1, 0.15) is 10.6 Å². The van der Waals surface area contributed by atoms with Gasteiger partial charge in [0, 0.05) is 29.6 Å². The number of benzene rings is 2. The number of fused-ring (bicyclic) bond motifs is 2. The summed E-state index contributed by atoms with van der Waals surface area (Å²) in [4.78, 5) is 7.79. The van der Waals surface area contributed by atoms with E-state index in [1.807, 2.05) is 18.3 Å². The van der Waals surface area contributed by atoms with E-state index in [1.165, 1.54) is 23.1 Å². The Bertz CT molecular complexity index is 907. The van der Waals surface area contributed by atoms with E-state index < -0.39 is 0 Å². The molecule has 0 atom stereocenters. The molecule has 0 aliphatic carbocycles. The second-order valence-corrected chi connectivity index (χ2v) is 5.87. The Labute approximate surface area is 118 Å². The normalized spacial score (nSPS) is 11.4. The summed E-state index contributed by atoms with van der Waals surface area (Å²) in [6, 6.07) is 13.0. The van der Waals surface area contributed by atoms with E-state index in [0.717, 1.165) is 27.2 Å². The van der Waals surface area contributed by atoms with E-state index in [9.17, 15) is 4.39 Å². The van der Waals surface area contributed by atoms with Crippen molar-refractivity contribution in [1.29, 1.82) is 0 Å². The Kier molecular flexibility index (Phi) is 2.57. The molecule has 0 radical (unpaired) electrons. The lowest BCUT2D eigenvalue weighted by Gasteiger charge is -1.95. The van der Waals surface area contributed by atoms with Gasteiger partial charge >= 0.3 is 0 Å². The molecule has 4 heteroatoms. The quantitative estimate of drug-likeness (QED) is 0.576. The molecule has 4 aromatic rings. The van der Waals surface area contributed by atoms with Crippen LogP contribution in [-0.4, -0.2) is 9.97 Å². The SMILES string of the molecule is Fc1ccc2sc(Cc3c[nH]c4ccccc34)nc2c1. The molecule has 4 rings (SSSR count). The first-order chi connectivity index (χ1) is 9.79. The molecule has 0 amide bonds. The molecule has 2 aromatic carbocycles. The predicted octanol–water partition coefficient (Wildman–Crippen LogP) is 4.51. The molecule has 0 aliphatic rings. The van der Waals surface area contributed by atoms with E-state index >= 15 is 0 Å². The van der Waals surface area contributed by atoms with Crippen molar-refractivity contribution < 1.29 is 4.39 Å². The third kappa shape index (κ3) is 1.89. The van der Waals surface area contributed by atoms with Crippen LogP contribution in [-0.2, 0) is 6.42 Å². The first kappa shape index (κ1) is 11.6. The van der Waals surface area contributed by atoms with E-state index in [1.54, 1.807) is 17.4 Å². The summed E-state index contributed by atoms with van der Waals surface area (Å²) >= 11 is 1.62. The van der Waals surface area contributed by atoms with E-state index in [-0.39, 0.29) is 5.82 Å². The van der Waals surface area contributed by atoms with Crippen LogP contribution in [0.5, 0.6) is 0 Å². The Balaban J connectivity index is 1.76. The lowest BCUT2D eigenvalue weighted by molar-refractivity contribution is 0.629. The minimum absolute atomic E-state index is 0.235. The Morgan fingerprint density at radius 3 is 3.00 bits per heavy atom. The number of H-pyrrole nitrogens is 1. The van der Waals surface area contributed by atoms with Crippen LogP contribution in [0.25, 0.3) is 21.1 Å². The van der Waals surface area contributed by atoms with E-state index in [4.69, 9.17) is 0 Å². The largest absolute Gasteiger partial charge is 0.361 e. The highest BCUT2D eigenvalue weighted by Crippen LogP contribution is 2.27. The number of thiazole rings is 1. The van der Waals surface area contributed by atoms with Crippen molar-refractivity contribution in [2.45, 2.75) is 6.42 Å². The van der Waals surface area contributed by atoms with Gasteiger partial charge in [0.1, 0.15) is 5.82 Å². The lowest BCUT2D eigenvalue weighted by atomic mass is 10.1. The summed E-state index contributed by atoms with van der Waals surface area (Å²) in [7, 11) is 0. The van der Waals surface area contributed by atoms with Gasteiger partial charge in [-0.05, 0) is 23.8 Å². The summed E-state index contributed by atoms with van der Waals surface area (Å²) < 4.78 is 14.2. The molecule has 0 spiro atoms. The number of nitrogens with zero attached hydrogens (tertiary/aromatic N) is 1. The summed E-state index contributed by atoms with van der Waals surface area (Å²) in [5.41, 5.74) is 3.10. The maximum absolute atomic E-state index is 13.2. The maximum Gasteiger partial charge on any atom is 0.125 e. The van der Waals surface area contributed by atoms with Crippen molar-refractivity contribution in [2.75, 3.05) is 0 Å². The summed E-state index contributed by atoms with van der Waals surface area (Å²) in [5, 5.41) is 2.23. The molecule has 2 heterocycles. The summed E-state index contributed by atoms with van der Waals surface area (Å²) in [6.07, 6.45) is 2.79. The highest BCUT2D eigenvalue weighted by atomic mass is 32.1. The van der Waals surface area contributed by atoms with Gasteiger partial charge in [-0.1, -0.05) is 18.2 Å². The minimum atomic E-state index is -0.235. The first-order valence-electron chi connectivity index (χ1n) is 6.39. The highest BCUT2D eigenvalue weighted by molar-refractivity contribution is 7.18.